The Labute approximate surface area is 339 Å². The standard InChI is InChI=1S/C49H84O6/c1-4-7-10-13-16-19-22-23-24-25-28-30-33-36-39-42-48(51)54-45-46(55-49(52)43-40-37-34-31-27-21-18-15-12-9-6-3)44-53-47(50)41-38-35-32-29-26-20-17-14-11-8-5-2/h9,12,14,17-18,20-21,26,31,34,46H,4-8,10-11,13,15-16,19,22-25,27-30,32-33,35-45H2,1-3H3/b12-9-,17-14-,21-18-,26-20-,34-31-. The van der Waals surface area contributed by atoms with Gasteiger partial charge in [-0.05, 0) is 64.2 Å². The Morgan fingerprint density at radius 1 is 0.400 bits per heavy atom. The molecule has 0 spiro atoms. The molecule has 0 fully saturated rings. The van der Waals surface area contributed by atoms with E-state index in [0.717, 1.165) is 77.0 Å². The van der Waals surface area contributed by atoms with Crippen LogP contribution in [0.2, 0.25) is 0 Å². The maximum atomic E-state index is 12.7. The van der Waals surface area contributed by atoms with Crippen LogP contribution < -0.4 is 0 Å². The summed E-state index contributed by atoms with van der Waals surface area (Å²) >= 11 is 0. The first-order chi connectivity index (χ1) is 27.0. The highest BCUT2D eigenvalue weighted by molar-refractivity contribution is 5.71. The summed E-state index contributed by atoms with van der Waals surface area (Å²) in [6.45, 7) is 6.38. The molecule has 1 atom stereocenters. The lowest BCUT2D eigenvalue weighted by Crippen LogP contribution is -2.30. The third-order valence-corrected chi connectivity index (χ3v) is 9.53. The minimum Gasteiger partial charge on any atom is -0.462 e. The molecule has 0 aliphatic carbocycles. The van der Waals surface area contributed by atoms with Crippen LogP contribution in [0.1, 0.15) is 213 Å². The van der Waals surface area contributed by atoms with Gasteiger partial charge in [0.2, 0.25) is 0 Å². The minimum atomic E-state index is -0.806. The lowest BCUT2D eigenvalue weighted by atomic mass is 10.0. The first-order valence-corrected chi connectivity index (χ1v) is 22.8. The predicted octanol–water partition coefficient (Wildman–Crippen LogP) is 14.5. The van der Waals surface area contributed by atoms with E-state index in [1.807, 2.05) is 0 Å². The first-order valence-electron chi connectivity index (χ1n) is 22.8. The third-order valence-electron chi connectivity index (χ3n) is 9.53. The lowest BCUT2D eigenvalue weighted by Gasteiger charge is -2.18. The van der Waals surface area contributed by atoms with E-state index in [4.69, 9.17) is 14.2 Å². The smallest absolute Gasteiger partial charge is 0.306 e. The van der Waals surface area contributed by atoms with E-state index in [2.05, 4.69) is 81.5 Å². The summed E-state index contributed by atoms with van der Waals surface area (Å²) in [5.74, 6) is -0.989. The number of hydrogen-bond acceptors (Lipinski definition) is 6. The van der Waals surface area contributed by atoms with Crippen LogP contribution >= 0.6 is 0 Å². The van der Waals surface area contributed by atoms with E-state index in [1.165, 1.54) is 89.9 Å². The molecule has 6 heteroatoms. The Balaban J connectivity index is 4.43. The monoisotopic (exact) mass is 769 g/mol. The number of hydrogen-bond donors (Lipinski definition) is 0. The summed E-state index contributed by atoms with van der Waals surface area (Å²) in [6.07, 6.45) is 52.2. The third kappa shape index (κ3) is 42.1. The van der Waals surface area contributed by atoms with Gasteiger partial charge in [-0.15, -0.1) is 0 Å². The van der Waals surface area contributed by atoms with E-state index in [0.29, 0.717) is 19.3 Å². The van der Waals surface area contributed by atoms with Crippen LogP contribution in [0.3, 0.4) is 0 Å². The molecule has 316 valence electrons. The highest BCUT2D eigenvalue weighted by atomic mass is 16.6. The fourth-order valence-corrected chi connectivity index (χ4v) is 6.09. The van der Waals surface area contributed by atoms with Crippen molar-refractivity contribution < 1.29 is 28.6 Å². The molecule has 0 amide bonds. The van der Waals surface area contributed by atoms with Crippen molar-refractivity contribution in [1.29, 1.82) is 0 Å². The van der Waals surface area contributed by atoms with E-state index in [1.54, 1.807) is 0 Å². The molecule has 0 bridgehead atoms. The van der Waals surface area contributed by atoms with Gasteiger partial charge in [-0.25, -0.2) is 0 Å². The van der Waals surface area contributed by atoms with E-state index in [-0.39, 0.29) is 37.5 Å². The van der Waals surface area contributed by atoms with E-state index < -0.39 is 6.10 Å². The molecule has 0 N–H and O–H groups in total. The van der Waals surface area contributed by atoms with Gasteiger partial charge in [-0.2, -0.15) is 0 Å². The molecule has 0 aromatic heterocycles. The SMILES string of the molecule is CC/C=C\C/C=C\C/C=C\CCCC(=O)OC(COC(=O)CCCCC/C=C\C=C/CCCC)COC(=O)CCCCCCCCCCCCCCCCC. The summed E-state index contributed by atoms with van der Waals surface area (Å²) in [7, 11) is 0. The average Bonchev–Trinajstić information content (AvgIpc) is 3.18. The van der Waals surface area contributed by atoms with Crippen molar-refractivity contribution in [3.63, 3.8) is 0 Å². The van der Waals surface area contributed by atoms with Gasteiger partial charge < -0.3 is 14.2 Å². The molecule has 55 heavy (non-hydrogen) atoms. The van der Waals surface area contributed by atoms with Crippen molar-refractivity contribution in [2.75, 3.05) is 13.2 Å². The van der Waals surface area contributed by atoms with Gasteiger partial charge in [0.1, 0.15) is 13.2 Å². The quantitative estimate of drug-likeness (QED) is 0.0203. The number of unbranched alkanes of at least 4 members (excludes halogenated alkanes) is 20. The second kappa shape index (κ2) is 43.8. The molecule has 0 heterocycles. The number of ether oxygens (including phenoxy) is 3. The Morgan fingerprint density at radius 2 is 0.800 bits per heavy atom. The van der Waals surface area contributed by atoms with Crippen LogP contribution in [0.25, 0.3) is 0 Å². The zero-order valence-electron chi connectivity index (χ0n) is 35.9. The largest absolute Gasteiger partial charge is 0.462 e. The second-order valence-electron chi connectivity index (χ2n) is 15.0. The highest BCUT2D eigenvalue weighted by Gasteiger charge is 2.19. The molecule has 0 aliphatic rings. The Morgan fingerprint density at radius 3 is 1.31 bits per heavy atom. The van der Waals surface area contributed by atoms with Crippen molar-refractivity contribution in [1.82, 2.24) is 0 Å². The Hall–Kier alpha value is -2.89. The predicted molar refractivity (Wildman–Crippen MR) is 233 cm³/mol. The van der Waals surface area contributed by atoms with E-state index >= 15 is 0 Å². The highest BCUT2D eigenvalue weighted by Crippen LogP contribution is 2.14. The zero-order chi connectivity index (χ0) is 40.1. The molecular formula is C49H84O6. The molecular weight excluding hydrogens is 685 g/mol. The fraction of sp³-hybridized carbons (Fsp3) is 0.735. The van der Waals surface area contributed by atoms with Crippen molar-refractivity contribution in [3.05, 3.63) is 60.8 Å². The van der Waals surface area contributed by atoms with Crippen LogP contribution in [0.5, 0.6) is 0 Å². The lowest BCUT2D eigenvalue weighted by molar-refractivity contribution is -0.167. The molecule has 0 rings (SSSR count). The number of rotatable bonds is 40. The number of carbonyl (C=O) groups excluding carboxylic acids is 3. The minimum absolute atomic E-state index is 0.102. The number of esters is 3. The maximum absolute atomic E-state index is 12.7. The van der Waals surface area contributed by atoms with Crippen LogP contribution in [0.4, 0.5) is 0 Å². The first kappa shape index (κ1) is 52.1. The Kier molecular flexibility index (Phi) is 41.5. The van der Waals surface area contributed by atoms with Crippen LogP contribution in [-0.2, 0) is 28.6 Å². The number of carbonyl (C=O) groups is 3. The van der Waals surface area contributed by atoms with Gasteiger partial charge in [-0.3, -0.25) is 14.4 Å². The normalized spacial score (nSPS) is 12.6. The van der Waals surface area contributed by atoms with Gasteiger partial charge in [0.25, 0.3) is 0 Å². The van der Waals surface area contributed by atoms with Gasteiger partial charge in [0.15, 0.2) is 6.10 Å². The molecule has 1 unspecified atom stereocenters. The van der Waals surface area contributed by atoms with Crippen LogP contribution in [0.15, 0.2) is 60.8 Å². The molecule has 0 radical (unpaired) electrons. The second-order valence-corrected chi connectivity index (χ2v) is 15.0. The van der Waals surface area contributed by atoms with Gasteiger partial charge in [-0.1, -0.05) is 191 Å². The zero-order valence-corrected chi connectivity index (χ0v) is 35.9. The van der Waals surface area contributed by atoms with Crippen molar-refractivity contribution in [2.24, 2.45) is 0 Å². The fourth-order valence-electron chi connectivity index (χ4n) is 6.09. The summed E-state index contributed by atoms with van der Waals surface area (Å²) in [5, 5.41) is 0. The average molecular weight is 769 g/mol. The van der Waals surface area contributed by atoms with Crippen molar-refractivity contribution >= 4 is 17.9 Å². The van der Waals surface area contributed by atoms with Gasteiger partial charge in [0, 0.05) is 19.3 Å². The molecule has 0 aromatic carbocycles. The van der Waals surface area contributed by atoms with Crippen molar-refractivity contribution in [2.45, 2.75) is 219 Å². The molecule has 0 aromatic rings. The van der Waals surface area contributed by atoms with Gasteiger partial charge in [0.05, 0.1) is 0 Å². The summed E-state index contributed by atoms with van der Waals surface area (Å²) in [6, 6.07) is 0. The molecule has 0 aliphatic heterocycles. The van der Waals surface area contributed by atoms with Gasteiger partial charge >= 0.3 is 17.9 Å². The summed E-state index contributed by atoms with van der Waals surface area (Å²) in [5.41, 5.74) is 0. The number of allylic oxidation sites excluding steroid dienone is 10. The molecule has 0 saturated heterocycles. The summed E-state index contributed by atoms with van der Waals surface area (Å²) < 4.78 is 16.6. The maximum Gasteiger partial charge on any atom is 0.306 e. The summed E-state index contributed by atoms with van der Waals surface area (Å²) in [4.78, 5) is 37.7. The van der Waals surface area contributed by atoms with E-state index in [9.17, 15) is 14.4 Å². The Bertz CT molecular complexity index is 1020. The van der Waals surface area contributed by atoms with Crippen LogP contribution in [0, 0.1) is 0 Å². The molecule has 0 saturated carbocycles. The van der Waals surface area contributed by atoms with Crippen LogP contribution in [-0.4, -0.2) is 37.2 Å². The molecule has 6 nitrogen and oxygen atoms in total. The topological polar surface area (TPSA) is 78.9 Å². The van der Waals surface area contributed by atoms with Crippen molar-refractivity contribution in [3.8, 4) is 0 Å².